The van der Waals surface area contributed by atoms with Crippen LogP contribution in [0, 0.1) is 0 Å². The van der Waals surface area contributed by atoms with Gasteiger partial charge in [0.05, 0.1) is 11.9 Å². The molecule has 160 valence electrons. The van der Waals surface area contributed by atoms with Crippen LogP contribution in [0.3, 0.4) is 0 Å². The number of nitrogens with zero attached hydrogens (tertiary/aromatic N) is 3. The molecule has 2 aliphatic heterocycles. The number of urea groups is 1. The minimum atomic E-state index is -4.88. The summed E-state index contributed by atoms with van der Waals surface area (Å²) < 4.78 is 37.4. The Morgan fingerprint density at radius 3 is 2.41 bits per heavy atom. The van der Waals surface area contributed by atoms with Crippen molar-refractivity contribution in [2.75, 3.05) is 31.1 Å². The summed E-state index contributed by atoms with van der Waals surface area (Å²) in [6.45, 7) is 0.896. The number of hydrogen-bond donors (Lipinski definition) is 3. The van der Waals surface area contributed by atoms with Crippen LogP contribution in [-0.4, -0.2) is 71.5 Å². The van der Waals surface area contributed by atoms with Crippen LogP contribution in [0.2, 0.25) is 5.02 Å². The van der Waals surface area contributed by atoms with Crippen molar-refractivity contribution in [1.82, 2.24) is 25.7 Å². The number of halogens is 4. The molecule has 3 amide bonds. The highest BCUT2D eigenvalue weighted by Gasteiger charge is 2.43. The van der Waals surface area contributed by atoms with E-state index in [9.17, 15) is 27.6 Å². The van der Waals surface area contributed by atoms with Crippen LogP contribution in [0.5, 0.6) is 0 Å². The second-order valence-corrected chi connectivity index (χ2v) is 7.39. The molecule has 9 nitrogen and oxygen atoms in total. The highest BCUT2D eigenvalue weighted by Crippen LogP contribution is 2.25. The average Bonchev–Trinajstić information content (AvgIpc) is 3.11. The van der Waals surface area contributed by atoms with Gasteiger partial charge in [-0.25, -0.2) is 9.89 Å². The molecule has 3 N–H and O–H groups in total. The van der Waals surface area contributed by atoms with Crippen molar-refractivity contribution in [3.63, 3.8) is 0 Å². The summed E-state index contributed by atoms with van der Waals surface area (Å²) in [5, 5.41) is 11.6. The number of piperidine rings is 1. The van der Waals surface area contributed by atoms with E-state index >= 15 is 0 Å². The number of H-pyrrole nitrogens is 1. The second-order valence-electron chi connectivity index (χ2n) is 7.01. The molecule has 29 heavy (non-hydrogen) atoms. The number of amides is 3. The molecule has 1 aromatic heterocycles. The molecule has 0 saturated carbocycles. The minimum Gasteiger partial charge on any atom is -0.367 e. The third kappa shape index (κ3) is 5.11. The molecule has 3 rings (SSSR count). The molecule has 13 heteroatoms. The van der Waals surface area contributed by atoms with Crippen molar-refractivity contribution < 1.29 is 22.8 Å². The fourth-order valence-electron chi connectivity index (χ4n) is 3.51. The zero-order chi connectivity index (χ0) is 21.2. The van der Waals surface area contributed by atoms with Gasteiger partial charge in [0.15, 0.2) is 0 Å². The number of carbonyl (C=O) groups is 2. The molecule has 2 saturated heterocycles. The molecule has 0 radical (unpaired) electrons. The molecular weight excluding hydrogens is 417 g/mol. The van der Waals surface area contributed by atoms with Crippen molar-refractivity contribution in [1.29, 1.82) is 0 Å². The molecule has 0 bridgehead atoms. The average molecular weight is 437 g/mol. The number of aromatic amines is 1. The zero-order valence-electron chi connectivity index (χ0n) is 15.3. The second kappa shape index (κ2) is 8.47. The topological polar surface area (TPSA) is 110 Å². The highest BCUT2D eigenvalue weighted by molar-refractivity contribution is 6.33. The van der Waals surface area contributed by atoms with E-state index in [0.717, 1.165) is 4.90 Å². The number of likely N-dealkylation sites (tertiary alicyclic amines) is 1. The molecule has 1 unspecified atom stereocenters. The normalized spacial score (nSPS) is 20.6. The van der Waals surface area contributed by atoms with Crippen LogP contribution in [-0.2, 0) is 4.79 Å². The smallest absolute Gasteiger partial charge is 0.367 e. The van der Waals surface area contributed by atoms with Crippen molar-refractivity contribution in [3.05, 3.63) is 21.6 Å². The Kier molecular flexibility index (Phi) is 6.20. The summed E-state index contributed by atoms with van der Waals surface area (Å²) in [6.07, 6.45) is -2.30. The number of rotatable bonds is 3. The van der Waals surface area contributed by atoms with E-state index in [1.165, 1.54) is 6.20 Å². The highest BCUT2D eigenvalue weighted by atomic mass is 35.5. The number of hydrogen-bond acceptors (Lipinski definition) is 5. The van der Waals surface area contributed by atoms with Gasteiger partial charge in [-0.1, -0.05) is 11.6 Å². The van der Waals surface area contributed by atoms with Gasteiger partial charge in [0.2, 0.25) is 0 Å². The van der Waals surface area contributed by atoms with E-state index in [2.05, 4.69) is 20.8 Å². The van der Waals surface area contributed by atoms with Crippen molar-refractivity contribution in [2.45, 2.75) is 37.5 Å². The van der Waals surface area contributed by atoms with Crippen LogP contribution >= 0.6 is 11.6 Å². The number of alkyl halides is 3. The summed E-state index contributed by atoms with van der Waals surface area (Å²) in [6, 6.07) is -0.916. The monoisotopic (exact) mass is 436 g/mol. The molecule has 1 atom stereocenters. The first-order valence-corrected chi connectivity index (χ1v) is 9.44. The van der Waals surface area contributed by atoms with Gasteiger partial charge in [0, 0.05) is 38.3 Å². The maximum atomic E-state index is 12.5. The molecule has 2 aliphatic rings. The lowest BCUT2D eigenvalue weighted by Crippen LogP contribution is -2.52. The van der Waals surface area contributed by atoms with Gasteiger partial charge in [-0.2, -0.15) is 18.3 Å². The van der Waals surface area contributed by atoms with E-state index in [0.29, 0.717) is 25.2 Å². The third-order valence-electron chi connectivity index (χ3n) is 5.00. The van der Waals surface area contributed by atoms with Gasteiger partial charge in [-0.15, -0.1) is 0 Å². The van der Waals surface area contributed by atoms with Gasteiger partial charge < -0.3 is 20.4 Å². The lowest BCUT2D eigenvalue weighted by molar-refractivity contribution is -0.186. The van der Waals surface area contributed by atoms with Crippen LogP contribution in [0.15, 0.2) is 11.0 Å². The summed E-state index contributed by atoms with van der Waals surface area (Å²) in [5.74, 6) is -1.85. The largest absolute Gasteiger partial charge is 0.471 e. The predicted molar refractivity (Wildman–Crippen MR) is 97.8 cm³/mol. The van der Waals surface area contributed by atoms with E-state index in [1.54, 1.807) is 0 Å². The van der Waals surface area contributed by atoms with Crippen LogP contribution in [0.4, 0.5) is 23.7 Å². The molecule has 0 aliphatic carbocycles. The van der Waals surface area contributed by atoms with Crippen molar-refractivity contribution in [2.24, 2.45) is 0 Å². The Hall–Kier alpha value is -2.50. The van der Waals surface area contributed by atoms with E-state index in [-0.39, 0.29) is 43.0 Å². The quantitative estimate of drug-likeness (QED) is 0.651. The van der Waals surface area contributed by atoms with E-state index in [4.69, 9.17) is 11.6 Å². The molecule has 2 fully saturated rings. The predicted octanol–water partition coefficient (Wildman–Crippen LogP) is 0.854. The Bertz CT molecular complexity index is 825. The van der Waals surface area contributed by atoms with Gasteiger partial charge in [0.25, 0.3) is 5.56 Å². The van der Waals surface area contributed by atoms with Gasteiger partial charge in [-0.05, 0) is 19.3 Å². The van der Waals surface area contributed by atoms with Crippen LogP contribution in [0.25, 0.3) is 0 Å². The van der Waals surface area contributed by atoms with Gasteiger partial charge >= 0.3 is 18.1 Å². The number of carbonyl (C=O) groups excluding carboxylic acids is 2. The molecule has 3 heterocycles. The van der Waals surface area contributed by atoms with E-state index < -0.39 is 23.7 Å². The first-order chi connectivity index (χ1) is 13.6. The van der Waals surface area contributed by atoms with Gasteiger partial charge in [-0.3, -0.25) is 9.59 Å². The standard InChI is InChI=1S/C16H20ClF3N6O3/c17-12-11(7-21-24-13(12)27)26-6-3-10(8-26)23-15(29)22-9-1-4-25(5-2-9)14(28)16(18,19)20/h7,9-10H,1-6,8H2,(H,24,27)(H2,22,23,29). The zero-order valence-corrected chi connectivity index (χ0v) is 16.0. The van der Waals surface area contributed by atoms with Gasteiger partial charge in [0.1, 0.15) is 5.02 Å². The van der Waals surface area contributed by atoms with Crippen molar-refractivity contribution in [3.8, 4) is 0 Å². The Labute approximate surface area is 168 Å². The fraction of sp³-hybridized carbons (Fsp3) is 0.625. The van der Waals surface area contributed by atoms with Crippen LogP contribution < -0.4 is 21.1 Å². The van der Waals surface area contributed by atoms with Crippen molar-refractivity contribution >= 4 is 29.2 Å². The minimum absolute atomic E-state index is 0.0327. The SMILES string of the molecule is O=C(NC1CCN(C(=O)C(F)(F)F)CC1)NC1CCN(c2cn[nH]c(=O)c2Cl)C1. The third-order valence-corrected chi connectivity index (χ3v) is 5.37. The molecular formula is C16H20ClF3N6O3. The summed E-state index contributed by atoms with van der Waals surface area (Å²) in [4.78, 5) is 37.6. The lowest BCUT2D eigenvalue weighted by atomic mass is 10.1. The maximum Gasteiger partial charge on any atom is 0.471 e. The fourth-order valence-corrected chi connectivity index (χ4v) is 3.72. The number of anilines is 1. The summed E-state index contributed by atoms with van der Waals surface area (Å²) >= 11 is 5.99. The Morgan fingerprint density at radius 1 is 1.14 bits per heavy atom. The lowest BCUT2D eigenvalue weighted by Gasteiger charge is -2.32. The molecule has 1 aromatic rings. The maximum absolute atomic E-state index is 12.5. The summed E-state index contributed by atoms with van der Waals surface area (Å²) in [7, 11) is 0. The molecule has 0 spiro atoms. The van der Waals surface area contributed by atoms with E-state index in [1.807, 2.05) is 4.90 Å². The molecule has 0 aromatic carbocycles. The first kappa shape index (κ1) is 21.2. The van der Waals surface area contributed by atoms with Crippen LogP contribution in [0.1, 0.15) is 19.3 Å². The summed E-state index contributed by atoms with van der Waals surface area (Å²) in [5.41, 5.74) is -0.00417. The number of aromatic nitrogens is 2. The Balaban J connectivity index is 1.45. The number of nitrogens with one attached hydrogen (secondary N) is 3. The first-order valence-electron chi connectivity index (χ1n) is 9.06. The Morgan fingerprint density at radius 2 is 1.76 bits per heavy atom.